The van der Waals surface area contributed by atoms with E-state index in [4.69, 9.17) is 7.80 Å². The first kappa shape index (κ1) is 24.9. The van der Waals surface area contributed by atoms with E-state index in [1.165, 1.54) is 12.8 Å². The van der Waals surface area contributed by atoms with Crippen LogP contribution in [0.4, 0.5) is 0 Å². The second-order valence-corrected chi connectivity index (χ2v) is 8.34. The summed E-state index contributed by atoms with van der Waals surface area (Å²) in [6.07, 6.45) is 7.25. The number of esters is 1. The van der Waals surface area contributed by atoms with E-state index in [-0.39, 0.29) is 24.3 Å². The van der Waals surface area contributed by atoms with Crippen molar-refractivity contribution in [2.75, 3.05) is 6.61 Å². The van der Waals surface area contributed by atoms with Gasteiger partial charge in [0.2, 0.25) is 5.78 Å². The Morgan fingerprint density at radius 1 is 1.04 bits per heavy atom. The van der Waals surface area contributed by atoms with Crippen molar-refractivity contribution < 1.29 is 17.4 Å². The average molecular weight is 502 g/mol. The summed E-state index contributed by atoms with van der Waals surface area (Å²) in [5.74, 6) is 0.813. The highest BCUT2D eigenvalue weighted by Gasteiger charge is 2.24. The second-order valence-electron chi connectivity index (χ2n) is 7.90. The van der Waals surface area contributed by atoms with Gasteiger partial charge in [0.15, 0.2) is 29.6 Å². The molecule has 0 fully saturated rings. The van der Waals surface area contributed by atoms with E-state index in [1.54, 1.807) is 6.07 Å². The highest BCUT2D eigenvalue weighted by Crippen LogP contribution is 2.34. The Labute approximate surface area is 184 Å². The van der Waals surface area contributed by atoms with Crippen molar-refractivity contribution in [1.29, 1.82) is 0 Å². The molecule has 0 amide bonds. The predicted octanol–water partition coefficient (Wildman–Crippen LogP) is 6.51. The molecular formula is C23H35IO4. The smallest absolute Gasteiger partial charge is 0.309 e. The normalized spacial score (nSPS) is 13.4. The summed E-state index contributed by atoms with van der Waals surface area (Å²) in [5, 5.41) is 0. The molecule has 1 aromatic rings. The lowest BCUT2D eigenvalue weighted by molar-refractivity contribution is -0.147. The highest BCUT2D eigenvalue weighted by atomic mass is 127. The van der Waals surface area contributed by atoms with Gasteiger partial charge in [0.25, 0.3) is 0 Å². The lowest BCUT2D eigenvalue weighted by atomic mass is 9.99. The van der Waals surface area contributed by atoms with Crippen LogP contribution < -0.4 is 3.07 Å². The molecule has 0 N–H and O–H groups in total. The number of hydrogen-bond acceptors (Lipinski definition) is 4. The van der Waals surface area contributed by atoms with Gasteiger partial charge in [-0.1, -0.05) is 53.9 Å². The van der Waals surface area contributed by atoms with E-state index in [1.807, 2.05) is 36.0 Å². The van der Waals surface area contributed by atoms with Crippen LogP contribution >= 0.6 is 23.0 Å². The minimum Gasteiger partial charge on any atom is -0.457 e. The molecule has 1 unspecified atom stereocenters. The van der Waals surface area contributed by atoms with Gasteiger partial charge in [-0.25, -0.2) is 0 Å². The summed E-state index contributed by atoms with van der Waals surface area (Å²) >= 11 is 1.87. The van der Waals surface area contributed by atoms with E-state index in [0.717, 1.165) is 49.0 Å². The van der Waals surface area contributed by atoms with Gasteiger partial charge in [0, 0.05) is 5.56 Å². The maximum Gasteiger partial charge on any atom is 0.309 e. The van der Waals surface area contributed by atoms with E-state index in [2.05, 4.69) is 27.7 Å². The van der Waals surface area contributed by atoms with Gasteiger partial charge < -0.3 is 7.80 Å². The zero-order valence-corrected chi connectivity index (χ0v) is 20.1. The largest absolute Gasteiger partial charge is 0.457 e. The predicted molar refractivity (Wildman–Crippen MR) is 122 cm³/mol. The molecule has 1 aliphatic rings. The van der Waals surface area contributed by atoms with Crippen LogP contribution in [0.25, 0.3) is 0 Å². The zero-order chi connectivity index (χ0) is 21.1. The molecule has 0 saturated heterocycles. The molecule has 0 heterocycles. The molecule has 158 valence electrons. The van der Waals surface area contributed by atoms with E-state index in [0.29, 0.717) is 11.5 Å². The molecule has 0 bridgehead atoms. The van der Waals surface area contributed by atoms with Crippen molar-refractivity contribution in [3.05, 3.63) is 28.8 Å². The minimum absolute atomic E-state index is 0.127. The standard InChI is InChI=1S/C19H25IO4.C4H10/c1-12(2)7-8-13(3)19(22)23-11-17(21)15-9-10-18(24-20)16-6-4-5-14(15)16;1-3-4-2/h9-10,12-13H,4-8,11H2,1-3H3;3-4H2,1-2H3. The van der Waals surface area contributed by atoms with Gasteiger partial charge in [-0.2, -0.15) is 0 Å². The number of unbranched alkanes of at least 4 members (excludes halogenated alkanes) is 1. The Morgan fingerprint density at radius 2 is 1.68 bits per heavy atom. The molecular weight excluding hydrogens is 467 g/mol. The SMILES string of the molecule is CC(C)CCC(C)C(=O)OCC(=O)c1ccc(OI)c2c1CCC2.CCCC. The molecule has 0 spiro atoms. The molecule has 4 nitrogen and oxygen atoms in total. The number of halogens is 1. The summed E-state index contributed by atoms with van der Waals surface area (Å²) in [6, 6.07) is 3.62. The number of hydrogen-bond donors (Lipinski definition) is 0. The van der Waals surface area contributed by atoms with Gasteiger partial charge in [0.1, 0.15) is 5.75 Å². The van der Waals surface area contributed by atoms with Crippen LogP contribution in [0, 0.1) is 11.8 Å². The minimum atomic E-state index is -0.284. The molecule has 0 radical (unpaired) electrons. The molecule has 0 aliphatic heterocycles. The second kappa shape index (κ2) is 13.2. The summed E-state index contributed by atoms with van der Waals surface area (Å²) in [6.45, 7) is 10.3. The number of benzene rings is 1. The van der Waals surface area contributed by atoms with Crippen LogP contribution in [0.1, 0.15) is 88.2 Å². The summed E-state index contributed by atoms with van der Waals surface area (Å²) in [5.41, 5.74) is 2.84. The van der Waals surface area contributed by atoms with Crippen LogP contribution in [0.15, 0.2) is 12.1 Å². The third-order valence-corrected chi connectivity index (χ3v) is 5.52. The first-order chi connectivity index (χ1) is 13.3. The molecule has 1 aliphatic carbocycles. The molecule has 28 heavy (non-hydrogen) atoms. The van der Waals surface area contributed by atoms with Crippen molar-refractivity contribution in [1.82, 2.24) is 0 Å². The number of carbonyl (C=O) groups excluding carboxylic acids is 2. The first-order valence-corrected chi connectivity index (χ1v) is 11.4. The van der Waals surface area contributed by atoms with Gasteiger partial charge in [-0.3, -0.25) is 9.59 Å². The Hall–Kier alpha value is -1.11. The van der Waals surface area contributed by atoms with Crippen molar-refractivity contribution in [3.63, 3.8) is 0 Å². The monoisotopic (exact) mass is 502 g/mol. The maximum absolute atomic E-state index is 12.5. The Bertz CT molecular complexity index is 638. The van der Waals surface area contributed by atoms with Crippen LogP contribution in [-0.4, -0.2) is 18.4 Å². The van der Waals surface area contributed by atoms with Crippen molar-refractivity contribution in [2.24, 2.45) is 11.8 Å². The Morgan fingerprint density at radius 3 is 2.25 bits per heavy atom. The van der Waals surface area contributed by atoms with Crippen LogP contribution in [0.2, 0.25) is 0 Å². The number of ketones is 1. The van der Waals surface area contributed by atoms with E-state index < -0.39 is 0 Å². The van der Waals surface area contributed by atoms with Gasteiger partial charge in [-0.05, 0) is 54.9 Å². The molecule has 5 heteroatoms. The molecule has 0 aromatic heterocycles. The number of Topliss-reactive ketones (excluding diaryl/α,β-unsaturated/α-hetero) is 1. The van der Waals surface area contributed by atoms with Crippen molar-refractivity contribution in [2.45, 2.75) is 79.6 Å². The molecule has 0 saturated carbocycles. The lowest BCUT2D eigenvalue weighted by Gasteiger charge is -2.14. The molecule has 1 atom stereocenters. The van der Waals surface area contributed by atoms with Crippen molar-refractivity contribution >= 4 is 34.8 Å². The quantitative estimate of drug-likeness (QED) is 0.220. The lowest BCUT2D eigenvalue weighted by Crippen LogP contribution is -2.20. The Balaban J connectivity index is 0.000000892. The van der Waals surface area contributed by atoms with Gasteiger partial charge in [0.05, 0.1) is 5.92 Å². The van der Waals surface area contributed by atoms with Crippen LogP contribution in [-0.2, 0) is 22.4 Å². The number of rotatable bonds is 9. The van der Waals surface area contributed by atoms with E-state index >= 15 is 0 Å². The first-order valence-electron chi connectivity index (χ1n) is 10.5. The molecule has 1 aromatic carbocycles. The van der Waals surface area contributed by atoms with Gasteiger partial charge >= 0.3 is 5.97 Å². The Kier molecular flexibility index (Phi) is 11.7. The topological polar surface area (TPSA) is 52.6 Å². The number of ether oxygens (including phenoxy) is 1. The fourth-order valence-electron chi connectivity index (χ4n) is 3.06. The van der Waals surface area contributed by atoms with Gasteiger partial charge in [-0.15, -0.1) is 0 Å². The van der Waals surface area contributed by atoms with E-state index in [9.17, 15) is 9.59 Å². The summed E-state index contributed by atoms with van der Waals surface area (Å²) in [7, 11) is 0. The number of fused-ring (bicyclic) bond motifs is 1. The summed E-state index contributed by atoms with van der Waals surface area (Å²) in [4.78, 5) is 24.5. The highest BCUT2D eigenvalue weighted by molar-refractivity contribution is 14.1. The average Bonchev–Trinajstić information content (AvgIpc) is 3.19. The maximum atomic E-state index is 12.5. The zero-order valence-electron chi connectivity index (χ0n) is 18.0. The molecule has 2 rings (SSSR count). The fourth-order valence-corrected chi connectivity index (χ4v) is 3.48. The van der Waals surface area contributed by atoms with Crippen LogP contribution in [0.5, 0.6) is 5.75 Å². The number of carbonyl (C=O) groups is 2. The third-order valence-electron chi connectivity index (χ3n) is 5.05. The third kappa shape index (κ3) is 7.72. The van der Waals surface area contributed by atoms with Crippen LogP contribution in [0.3, 0.4) is 0 Å². The summed E-state index contributed by atoms with van der Waals surface area (Å²) < 4.78 is 10.6. The van der Waals surface area contributed by atoms with Crippen molar-refractivity contribution in [3.8, 4) is 5.75 Å². The fraction of sp³-hybridized carbons (Fsp3) is 0.652.